The van der Waals surface area contributed by atoms with Gasteiger partial charge in [-0.1, -0.05) is 24.3 Å². The Hall–Kier alpha value is -1.91. The van der Waals surface area contributed by atoms with E-state index < -0.39 is 0 Å². The quantitative estimate of drug-likeness (QED) is 0.855. The minimum absolute atomic E-state index is 0.179. The zero-order chi connectivity index (χ0) is 16.9. The summed E-state index contributed by atoms with van der Waals surface area (Å²) in [6, 6.07) is 12.5. The van der Waals surface area contributed by atoms with Crippen molar-refractivity contribution in [2.45, 2.75) is 45.2 Å². The van der Waals surface area contributed by atoms with Crippen LogP contribution >= 0.6 is 0 Å². The number of fused-ring (bicyclic) bond motifs is 1. The van der Waals surface area contributed by atoms with Crippen molar-refractivity contribution in [2.75, 3.05) is 13.2 Å². The van der Waals surface area contributed by atoms with Crippen LogP contribution < -0.4 is 0 Å². The summed E-state index contributed by atoms with van der Waals surface area (Å²) >= 11 is 0. The highest BCUT2D eigenvalue weighted by Crippen LogP contribution is 2.35. The molecular formula is C20H26N2O2. The zero-order valence-electron chi connectivity index (χ0n) is 14.3. The van der Waals surface area contributed by atoms with E-state index in [4.69, 9.17) is 0 Å². The predicted octanol–water partition coefficient (Wildman–Crippen LogP) is 3.36. The summed E-state index contributed by atoms with van der Waals surface area (Å²) in [6.45, 7) is 3.52. The van der Waals surface area contributed by atoms with Gasteiger partial charge in [-0.25, -0.2) is 0 Å². The summed E-state index contributed by atoms with van der Waals surface area (Å²) in [5.41, 5.74) is 4.43. The molecule has 0 bridgehead atoms. The minimum Gasteiger partial charge on any atom is -0.506 e. The van der Waals surface area contributed by atoms with E-state index in [1.54, 1.807) is 6.07 Å². The molecule has 3 rings (SSSR count). The fourth-order valence-corrected chi connectivity index (χ4v) is 3.64. The Bertz CT molecular complexity index is 687. The average molecular weight is 326 g/mol. The smallest absolute Gasteiger partial charge is 0.138 e. The molecule has 0 saturated carbocycles. The maximum Gasteiger partial charge on any atom is 0.138 e. The third-order valence-electron chi connectivity index (χ3n) is 4.82. The lowest BCUT2D eigenvalue weighted by Crippen LogP contribution is -2.32. The lowest BCUT2D eigenvalue weighted by atomic mass is 9.86. The maximum atomic E-state index is 10.2. The molecule has 1 aliphatic carbocycles. The molecule has 1 aromatic heterocycles. The Morgan fingerprint density at radius 2 is 2.04 bits per heavy atom. The molecule has 2 aromatic rings. The SMILES string of the molecule is Cc1ccc(O)c(CN(CCCO)C2CCCc3ccccc32)n1. The summed E-state index contributed by atoms with van der Waals surface area (Å²) in [5, 5.41) is 19.4. The van der Waals surface area contributed by atoms with Crippen LogP contribution in [0.3, 0.4) is 0 Å². The molecule has 1 heterocycles. The van der Waals surface area contributed by atoms with Gasteiger partial charge in [0.15, 0.2) is 0 Å². The topological polar surface area (TPSA) is 56.6 Å². The highest BCUT2D eigenvalue weighted by atomic mass is 16.3. The molecule has 1 aromatic carbocycles. The van der Waals surface area contributed by atoms with Crippen LogP contribution in [-0.4, -0.2) is 33.2 Å². The van der Waals surface area contributed by atoms with Gasteiger partial charge in [-0.05, 0) is 55.9 Å². The van der Waals surface area contributed by atoms with Crippen molar-refractivity contribution in [1.29, 1.82) is 0 Å². The van der Waals surface area contributed by atoms with E-state index in [1.807, 2.05) is 13.0 Å². The largest absolute Gasteiger partial charge is 0.506 e. The summed E-state index contributed by atoms with van der Waals surface area (Å²) in [4.78, 5) is 6.87. The van der Waals surface area contributed by atoms with Gasteiger partial charge < -0.3 is 10.2 Å². The zero-order valence-corrected chi connectivity index (χ0v) is 14.3. The fraction of sp³-hybridized carbons (Fsp3) is 0.450. The molecule has 128 valence electrons. The van der Waals surface area contributed by atoms with Crippen molar-refractivity contribution >= 4 is 0 Å². The Morgan fingerprint density at radius 3 is 2.88 bits per heavy atom. The molecule has 0 fully saturated rings. The van der Waals surface area contributed by atoms with Crippen LogP contribution in [-0.2, 0) is 13.0 Å². The molecule has 1 atom stereocenters. The number of hydrogen-bond acceptors (Lipinski definition) is 4. The molecule has 1 unspecified atom stereocenters. The molecule has 0 radical (unpaired) electrons. The molecule has 0 saturated heterocycles. The molecular weight excluding hydrogens is 300 g/mol. The van der Waals surface area contributed by atoms with Crippen molar-refractivity contribution in [3.8, 4) is 5.75 Å². The Kier molecular flexibility index (Phi) is 5.48. The lowest BCUT2D eigenvalue weighted by Gasteiger charge is -2.36. The van der Waals surface area contributed by atoms with Crippen molar-refractivity contribution < 1.29 is 10.2 Å². The molecule has 0 aliphatic heterocycles. The van der Waals surface area contributed by atoms with Gasteiger partial charge >= 0.3 is 0 Å². The van der Waals surface area contributed by atoms with E-state index in [1.165, 1.54) is 17.5 Å². The minimum atomic E-state index is 0.179. The Morgan fingerprint density at radius 1 is 1.21 bits per heavy atom. The number of aryl methyl sites for hydroxylation is 2. The first-order valence-corrected chi connectivity index (χ1v) is 8.77. The van der Waals surface area contributed by atoms with E-state index in [0.29, 0.717) is 12.6 Å². The number of nitrogens with zero attached hydrogens (tertiary/aromatic N) is 2. The first-order valence-electron chi connectivity index (χ1n) is 8.77. The predicted molar refractivity (Wildman–Crippen MR) is 94.9 cm³/mol. The second kappa shape index (κ2) is 7.77. The molecule has 24 heavy (non-hydrogen) atoms. The van der Waals surface area contributed by atoms with E-state index >= 15 is 0 Å². The normalized spacial score (nSPS) is 17.0. The van der Waals surface area contributed by atoms with Gasteiger partial charge in [0.25, 0.3) is 0 Å². The number of pyridine rings is 1. The lowest BCUT2D eigenvalue weighted by molar-refractivity contribution is 0.149. The molecule has 2 N–H and O–H groups in total. The van der Waals surface area contributed by atoms with Crippen molar-refractivity contribution in [1.82, 2.24) is 9.88 Å². The van der Waals surface area contributed by atoms with Crippen LogP contribution in [0.4, 0.5) is 0 Å². The second-order valence-electron chi connectivity index (χ2n) is 6.57. The van der Waals surface area contributed by atoms with Crippen molar-refractivity contribution in [3.63, 3.8) is 0 Å². The van der Waals surface area contributed by atoms with Gasteiger partial charge in [0.05, 0.1) is 5.69 Å². The molecule has 1 aliphatic rings. The summed E-state index contributed by atoms with van der Waals surface area (Å²) in [7, 11) is 0. The number of hydrogen-bond donors (Lipinski definition) is 2. The summed E-state index contributed by atoms with van der Waals surface area (Å²) in [5.74, 6) is 0.249. The first kappa shape index (κ1) is 16.9. The van der Waals surface area contributed by atoms with Gasteiger partial charge in [0.1, 0.15) is 5.75 Å². The van der Waals surface area contributed by atoms with Crippen LogP contribution in [0.25, 0.3) is 0 Å². The van der Waals surface area contributed by atoms with Gasteiger partial charge in [-0.3, -0.25) is 9.88 Å². The summed E-state index contributed by atoms with van der Waals surface area (Å²) < 4.78 is 0. The molecule has 0 spiro atoms. The average Bonchev–Trinajstić information content (AvgIpc) is 2.61. The molecule has 4 nitrogen and oxygen atoms in total. The maximum absolute atomic E-state index is 10.2. The van der Waals surface area contributed by atoms with Crippen LogP contribution in [0.2, 0.25) is 0 Å². The summed E-state index contributed by atoms with van der Waals surface area (Å²) in [6.07, 6.45) is 4.14. The monoisotopic (exact) mass is 326 g/mol. The highest BCUT2D eigenvalue weighted by Gasteiger charge is 2.26. The number of aliphatic hydroxyl groups is 1. The second-order valence-corrected chi connectivity index (χ2v) is 6.57. The van der Waals surface area contributed by atoms with Gasteiger partial charge in [-0.15, -0.1) is 0 Å². The van der Waals surface area contributed by atoms with Crippen molar-refractivity contribution in [2.24, 2.45) is 0 Å². The van der Waals surface area contributed by atoms with Crippen molar-refractivity contribution in [3.05, 3.63) is 58.9 Å². The standard InChI is InChI=1S/C20H26N2O2/c1-15-10-11-20(24)18(21-15)14-22(12-5-13-23)19-9-4-7-16-6-2-3-8-17(16)19/h2-3,6,8,10-11,19,23-24H,4-5,7,9,12-14H2,1H3. The first-order chi connectivity index (χ1) is 11.7. The Balaban J connectivity index is 1.88. The van der Waals surface area contributed by atoms with Crippen LogP contribution in [0.1, 0.15) is 47.8 Å². The molecule has 0 amide bonds. The highest BCUT2D eigenvalue weighted by molar-refractivity contribution is 5.33. The third kappa shape index (κ3) is 3.77. The fourth-order valence-electron chi connectivity index (χ4n) is 3.64. The molecule has 4 heteroatoms. The third-order valence-corrected chi connectivity index (χ3v) is 4.82. The van der Waals surface area contributed by atoms with E-state index in [-0.39, 0.29) is 12.4 Å². The number of aliphatic hydroxyl groups excluding tert-OH is 1. The number of rotatable bonds is 6. The van der Waals surface area contributed by atoms with Gasteiger partial charge in [-0.2, -0.15) is 0 Å². The van der Waals surface area contributed by atoms with Gasteiger partial charge in [0.2, 0.25) is 0 Å². The van der Waals surface area contributed by atoms with E-state index in [2.05, 4.69) is 34.1 Å². The van der Waals surface area contributed by atoms with Crippen LogP contribution in [0.15, 0.2) is 36.4 Å². The van der Waals surface area contributed by atoms with Crippen LogP contribution in [0, 0.1) is 6.92 Å². The number of aromatic hydroxyl groups is 1. The van der Waals surface area contributed by atoms with Gasteiger partial charge in [0, 0.05) is 31.4 Å². The number of aromatic nitrogens is 1. The van der Waals surface area contributed by atoms with Crippen LogP contribution in [0.5, 0.6) is 5.75 Å². The Labute approximate surface area is 143 Å². The van der Waals surface area contributed by atoms with E-state index in [9.17, 15) is 10.2 Å². The van der Waals surface area contributed by atoms with E-state index in [0.717, 1.165) is 37.2 Å². The number of benzene rings is 1.